The number of fused-ring (bicyclic) bond motifs is 1. The molecule has 2 saturated carbocycles. The van der Waals surface area contributed by atoms with Crippen LogP contribution in [0.25, 0.3) is 0 Å². The summed E-state index contributed by atoms with van der Waals surface area (Å²) in [7, 11) is 0. The second-order valence-corrected chi connectivity index (χ2v) is 7.05. The SMILES string of the molecule is CC(C)(C1CCC(O)CC1)C1CCC2OC2C1. The second kappa shape index (κ2) is 4.24. The van der Waals surface area contributed by atoms with E-state index in [4.69, 9.17) is 4.74 Å². The van der Waals surface area contributed by atoms with Gasteiger partial charge in [0.25, 0.3) is 0 Å². The third-order valence-electron chi connectivity index (χ3n) is 5.81. The lowest BCUT2D eigenvalue weighted by atomic mass is 9.61. The van der Waals surface area contributed by atoms with Crippen LogP contribution in [0.2, 0.25) is 0 Å². The monoisotopic (exact) mass is 238 g/mol. The highest BCUT2D eigenvalue weighted by Crippen LogP contribution is 2.51. The summed E-state index contributed by atoms with van der Waals surface area (Å²) in [6.45, 7) is 4.92. The zero-order chi connectivity index (χ0) is 12.0. The van der Waals surface area contributed by atoms with Gasteiger partial charge >= 0.3 is 0 Å². The van der Waals surface area contributed by atoms with Crippen LogP contribution in [0.5, 0.6) is 0 Å². The molecule has 0 aromatic heterocycles. The number of epoxide rings is 1. The summed E-state index contributed by atoms with van der Waals surface area (Å²) in [4.78, 5) is 0. The number of rotatable bonds is 2. The third-order valence-corrected chi connectivity index (χ3v) is 5.81. The predicted octanol–water partition coefficient (Wildman–Crippen LogP) is 3.13. The highest BCUT2D eigenvalue weighted by Gasteiger charge is 2.49. The largest absolute Gasteiger partial charge is 0.393 e. The van der Waals surface area contributed by atoms with Crippen LogP contribution >= 0.6 is 0 Å². The minimum atomic E-state index is -0.0236. The Labute approximate surface area is 105 Å². The Balaban J connectivity index is 1.63. The summed E-state index contributed by atoms with van der Waals surface area (Å²) < 4.78 is 5.67. The number of aliphatic hydroxyl groups excluding tert-OH is 1. The molecule has 3 atom stereocenters. The Kier molecular flexibility index (Phi) is 2.99. The zero-order valence-corrected chi connectivity index (χ0v) is 11.2. The van der Waals surface area contributed by atoms with Gasteiger partial charge in [-0.15, -0.1) is 0 Å². The molecule has 0 amide bonds. The third kappa shape index (κ3) is 2.26. The molecular weight excluding hydrogens is 212 g/mol. The lowest BCUT2D eigenvalue weighted by Crippen LogP contribution is -2.38. The fourth-order valence-electron chi connectivity index (χ4n) is 4.23. The Hall–Kier alpha value is -0.0800. The smallest absolute Gasteiger partial charge is 0.0844 e. The first-order valence-electron chi connectivity index (χ1n) is 7.41. The minimum absolute atomic E-state index is 0.0236. The van der Waals surface area contributed by atoms with Crippen molar-refractivity contribution in [2.75, 3.05) is 0 Å². The van der Waals surface area contributed by atoms with Crippen molar-refractivity contribution in [3.8, 4) is 0 Å². The molecule has 0 radical (unpaired) electrons. The fourth-order valence-corrected chi connectivity index (χ4v) is 4.23. The van der Waals surface area contributed by atoms with Crippen molar-refractivity contribution in [2.24, 2.45) is 17.3 Å². The maximum absolute atomic E-state index is 9.63. The molecule has 0 aromatic carbocycles. The van der Waals surface area contributed by atoms with E-state index in [2.05, 4.69) is 13.8 Å². The van der Waals surface area contributed by atoms with E-state index in [1.165, 1.54) is 32.1 Å². The standard InChI is InChI=1S/C15H26O2/c1-15(2,10-3-6-12(16)7-4-10)11-5-8-13-14(9-11)17-13/h10-14,16H,3-9H2,1-2H3. The normalized spacial score (nSPS) is 46.4. The second-order valence-electron chi connectivity index (χ2n) is 7.05. The summed E-state index contributed by atoms with van der Waals surface area (Å²) in [5.74, 6) is 1.65. The predicted molar refractivity (Wildman–Crippen MR) is 67.7 cm³/mol. The molecule has 2 heteroatoms. The maximum atomic E-state index is 9.63. The molecule has 3 fully saturated rings. The number of ether oxygens (including phenoxy) is 1. The molecule has 2 nitrogen and oxygen atoms in total. The van der Waals surface area contributed by atoms with Crippen molar-refractivity contribution in [1.29, 1.82) is 0 Å². The van der Waals surface area contributed by atoms with Gasteiger partial charge in [0.1, 0.15) is 0 Å². The van der Waals surface area contributed by atoms with Crippen LogP contribution < -0.4 is 0 Å². The summed E-state index contributed by atoms with van der Waals surface area (Å²) in [5.41, 5.74) is 0.442. The summed E-state index contributed by atoms with van der Waals surface area (Å²) in [6.07, 6.45) is 9.60. The molecule has 1 aliphatic heterocycles. The topological polar surface area (TPSA) is 32.8 Å². The molecule has 0 aromatic rings. The molecule has 3 aliphatic rings. The lowest BCUT2D eigenvalue weighted by Gasteiger charge is -2.44. The van der Waals surface area contributed by atoms with Crippen LogP contribution in [-0.2, 0) is 4.74 Å². The molecule has 17 heavy (non-hydrogen) atoms. The summed E-state index contributed by atoms with van der Waals surface area (Å²) in [6, 6.07) is 0. The first-order valence-corrected chi connectivity index (χ1v) is 7.41. The van der Waals surface area contributed by atoms with Gasteiger partial charge in [-0.2, -0.15) is 0 Å². The molecule has 3 rings (SSSR count). The summed E-state index contributed by atoms with van der Waals surface area (Å²) in [5, 5.41) is 9.63. The van der Waals surface area contributed by atoms with Crippen LogP contribution in [0.3, 0.4) is 0 Å². The van der Waals surface area contributed by atoms with Gasteiger partial charge in [-0.05, 0) is 62.2 Å². The molecule has 2 aliphatic carbocycles. The molecule has 0 bridgehead atoms. The first kappa shape index (κ1) is 12.0. The van der Waals surface area contributed by atoms with E-state index in [0.29, 0.717) is 17.6 Å². The van der Waals surface area contributed by atoms with E-state index in [-0.39, 0.29) is 6.10 Å². The Morgan fingerprint density at radius 2 is 1.53 bits per heavy atom. The van der Waals surface area contributed by atoms with Crippen LogP contribution in [0.15, 0.2) is 0 Å². The number of hydrogen-bond acceptors (Lipinski definition) is 2. The van der Waals surface area contributed by atoms with Crippen molar-refractivity contribution in [3.63, 3.8) is 0 Å². The number of aliphatic hydroxyl groups is 1. The lowest BCUT2D eigenvalue weighted by molar-refractivity contribution is 0.0243. The van der Waals surface area contributed by atoms with Crippen molar-refractivity contribution >= 4 is 0 Å². The molecule has 1 heterocycles. The van der Waals surface area contributed by atoms with Gasteiger partial charge < -0.3 is 9.84 Å². The summed E-state index contributed by atoms with van der Waals surface area (Å²) >= 11 is 0. The molecule has 3 unspecified atom stereocenters. The molecule has 1 saturated heterocycles. The van der Waals surface area contributed by atoms with Crippen LogP contribution in [0.4, 0.5) is 0 Å². The van der Waals surface area contributed by atoms with E-state index in [9.17, 15) is 5.11 Å². The Morgan fingerprint density at radius 3 is 2.18 bits per heavy atom. The molecule has 98 valence electrons. The maximum Gasteiger partial charge on any atom is 0.0844 e. The van der Waals surface area contributed by atoms with Gasteiger partial charge in [0.05, 0.1) is 18.3 Å². The van der Waals surface area contributed by atoms with Crippen LogP contribution in [0.1, 0.15) is 58.8 Å². The van der Waals surface area contributed by atoms with E-state index in [1.807, 2.05) is 0 Å². The highest BCUT2D eigenvalue weighted by molar-refractivity contribution is 4.98. The van der Waals surface area contributed by atoms with E-state index < -0.39 is 0 Å². The fraction of sp³-hybridized carbons (Fsp3) is 1.00. The minimum Gasteiger partial charge on any atom is -0.393 e. The molecule has 0 spiro atoms. The van der Waals surface area contributed by atoms with Gasteiger partial charge in [0.2, 0.25) is 0 Å². The van der Waals surface area contributed by atoms with Gasteiger partial charge in [-0.1, -0.05) is 13.8 Å². The van der Waals surface area contributed by atoms with E-state index in [1.54, 1.807) is 0 Å². The highest BCUT2D eigenvalue weighted by atomic mass is 16.6. The Bertz CT molecular complexity index is 279. The van der Waals surface area contributed by atoms with Crippen molar-refractivity contribution in [3.05, 3.63) is 0 Å². The molecule has 1 N–H and O–H groups in total. The first-order chi connectivity index (χ1) is 8.07. The van der Waals surface area contributed by atoms with Gasteiger partial charge in [0, 0.05) is 0 Å². The van der Waals surface area contributed by atoms with Gasteiger partial charge in [-0.3, -0.25) is 0 Å². The van der Waals surface area contributed by atoms with Crippen LogP contribution in [-0.4, -0.2) is 23.4 Å². The number of hydrogen-bond donors (Lipinski definition) is 1. The quantitative estimate of drug-likeness (QED) is 0.750. The van der Waals surface area contributed by atoms with E-state index in [0.717, 1.165) is 24.7 Å². The van der Waals surface area contributed by atoms with Crippen LogP contribution in [0, 0.1) is 17.3 Å². The average molecular weight is 238 g/mol. The van der Waals surface area contributed by atoms with Gasteiger partial charge in [0.15, 0.2) is 0 Å². The van der Waals surface area contributed by atoms with Gasteiger partial charge in [-0.25, -0.2) is 0 Å². The van der Waals surface area contributed by atoms with Crippen molar-refractivity contribution in [2.45, 2.75) is 77.1 Å². The zero-order valence-electron chi connectivity index (χ0n) is 11.2. The van der Waals surface area contributed by atoms with Crippen molar-refractivity contribution in [1.82, 2.24) is 0 Å². The van der Waals surface area contributed by atoms with Crippen molar-refractivity contribution < 1.29 is 9.84 Å². The molecular formula is C15H26O2. The Morgan fingerprint density at radius 1 is 0.882 bits per heavy atom. The average Bonchev–Trinajstić information content (AvgIpc) is 3.07. The van der Waals surface area contributed by atoms with E-state index >= 15 is 0 Å².